The molecule has 0 fully saturated rings. The van der Waals surface area contributed by atoms with Crippen molar-refractivity contribution in [3.05, 3.63) is 163 Å². The standard InChI is InChI=1S/C39H23F2N3/c1-42-29-13-17-32(18-14-29)43(33-23-27(40)22-28(41)24-33)31-15-10-25(11-16-31)34-20-21-37-39-35(34)19-12-26-6-5-9-36(38(26)39)44(37)30-7-3-2-4-8-30/h2-24H. The fraction of sp³-hybridized carbons (Fsp3) is 0. The molecule has 8 rings (SSSR count). The van der Waals surface area contributed by atoms with E-state index < -0.39 is 11.6 Å². The van der Waals surface area contributed by atoms with E-state index in [1.54, 1.807) is 29.2 Å². The molecule has 44 heavy (non-hydrogen) atoms. The van der Waals surface area contributed by atoms with Crippen LogP contribution in [0.1, 0.15) is 0 Å². The van der Waals surface area contributed by atoms with Crippen molar-refractivity contribution in [3.8, 4) is 16.8 Å². The van der Waals surface area contributed by atoms with Crippen LogP contribution in [0.5, 0.6) is 0 Å². The van der Waals surface area contributed by atoms with Crippen LogP contribution >= 0.6 is 0 Å². The molecule has 0 unspecified atom stereocenters. The van der Waals surface area contributed by atoms with Crippen LogP contribution < -0.4 is 4.90 Å². The number of anilines is 3. The SMILES string of the molecule is [C-]#[N+]c1ccc(N(c2ccc(-c3ccc4c5c3ccc3cccc(c35)n4-c3ccccc3)cc2)c2cc(F)cc(F)c2)cc1. The van der Waals surface area contributed by atoms with Gasteiger partial charge in [-0.15, -0.1) is 0 Å². The molecule has 0 amide bonds. The maximum atomic E-state index is 14.3. The van der Waals surface area contributed by atoms with Gasteiger partial charge in [0, 0.05) is 33.9 Å². The molecule has 0 radical (unpaired) electrons. The van der Waals surface area contributed by atoms with Crippen LogP contribution in [0.4, 0.5) is 31.5 Å². The van der Waals surface area contributed by atoms with Crippen molar-refractivity contribution in [2.45, 2.75) is 0 Å². The first-order chi connectivity index (χ1) is 21.6. The number of benzene rings is 7. The Kier molecular flexibility index (Phi) is 5.89. The summed E-state index contributed by atoms with van der Waals surface area (Å²) >= 11 is 0. The van der Waals surface area contributed by atoms with Crippen molar-refractivity contribution < 1.29 is 8.78 Å². The lowest BCUT2D eigenvalue weighted by Gasteiger charge is -2.26. The van der Waals surface area contributed by atoms with E-state index >= 15 is 0 Å². The highest BCUT2D eigenvalue weighted by atomic mass is 19.1. The van der Waals surface area contributed by atoms with E-state index in [0.29, 0.717) is 17.1 Å². The topological polar surface area (TPSA) is 12.5 Å². The second kappa shape index (κ2) is 10.1. The third-order valence-corrected chi connectivity index (χ3v) is 8.25. The minimum absolute atomic E-state index is 0.353. The molecule has 3 nitrogen and oxygen atoms in total. The highest BCUT2D eigenvalue weighted by Gasteiger charge is 2.19. The molecule has 8 aromatic rings. The summed E-state index contributed by atoms with van der Waals surface area (Å²) in [5.41, 5.74) is 7.85. The van der Waals surface area contributed by atoms with Gasteiger partial charge >= 0.3 is 0 Å². The number of para-hydroxylation sites is 1. The second-order valence-electron chi connectivity index (χ2n) is 10.8. The van der Waals surface area contributed by atoms with Crippen molar-refractivity contribution in [1.29, 1.82) is 0 Å². The molecule has 7 aromatic carbocycles. The second-order valence-corrected chi connectivity index (χ2v) is 10.8. The van der Waals surface area contributed by atoms with E-state index in [0.717, 1.165) is 39.5 Å². The molecule has 0 saturated heterocycles. The van der Waals surface area contributed by atoms with Gasteiger partial charge < -0.3 is 9.47 Å². The van der Waals surface area contributed by atoms with Crippen molar-refractivity contribution >= 4 is 55.3 Å². The van der Waals surface area contributed by atoms with Crippen LogP contribution in [0.25, 0.3) is 54.2 Å². The first-order valence-corrected chi connectivity index (χ1v) is 14.3. The van der Waals surface area contributed by atoms with Gasteiger partial charge in [0.15, 0.2) is 5.69 Å². The Morgan fingerprint density at radius 3 is 1.95 bits per heavy atom. The molecule has 1 aromatic heterocycles. The summed E-state index contributed by atoms with van der Waals surface area (Å²) in [6.45, 7) is 7.29. The third-order valence-electron chi connectivity index (χ3n) is 8.25. The van der Waals surface area contributed by atoms with Crippen molar-refractivity contribution in [3.63, 3.8) is 0 Å². The summed E-state index contributed by atoms with van der Waals surface area (Å²) in [6, 6.07) is 44.1. The number of rotatable bonds is 5. The van der Waals surface area contributed by atoms with Crippen LogP contribution in [0.3, 0.4) is 0 Å². The molecule has 0 aliphatic rings. The molecule has 0 N–H and O–H groups in total. The van der Waals surface area contributed by atoms with Crippen molar-refractivity contribution in [1.82, 2.24) is 4.57 Å². The van der Waals surface area contributed by atoms with Crippen molar-refractivity contribution in [2.75, 3.05) is 4.90 Å². The molecular weight excluding hydrogens is 548 g/mol. The fourth-order valence-corrected chi connectivity index (χ4v) is 6.38. The van der Waals surface area contributed by atoms with Crippen LogP contribution in [0.15, 0.2) is 140 Å². The van der Waals surface area contributed by atoms with Crippen LogP contribution in [0.2, 0.25) is 0 Å². The van der Waals surface area contributed by atoms with Gasteiger partial charge in [-0.25, -0.2) is 13.6 Å². The Balaban J connectivity index is 1.28. The Morgan fingerprint density at radius 1 is 0.568 bits per heavy atom. The van der Waals surface area contributed by atoms with E-state index in [9.17, 15) is 8.78 Å². The third kappa shape index (κ3) is 4.08. The molecule has 0 aliphatic carbocycles. The summed E-state index contributed by atoms with van der Waals surface area (Å²) in [5, 5.41) is 4.82. The minimum atomic E-state index is -0.660. The molecular formula is C39H23F2N3. The quantitative estimate of drug-likeness (QED) is 0.148. The molecule has 1 heterocycles. The van der Waals surface area contributed by atoms with Gasteiger partial charge in [0.2, 0.25) is 0 Å². The number of halogens is 2. The van der Waals surface area contributed by atoms with Gasteiger partial charge in [0.1, 0.15) is 11.6 Å². The zero-order valence-corrected chi connectivity index (χ0v) is 23.4. The molecule has 208 valence electrons. The maximum absolute atomic E-state index is 14.3. The maximum Gasteiger partial charge on any atom is 0.187 e. The lowest BCUT2D eigenvalue weighted by Crippen LogP contribution is -2.10. The zero-order valence-electron chi connectivity index (χ0n) is 23.4. The summed E-state index contributed by atoms with van der Waals surface area (Å²) in [7, 11) is 0. The molecule has 0 spiro atoms. The summed E-state index contributed by atoms with van der Waals surface area (Å²) in [4.78, 5) is 5.26. The van der Waals surface area contributed by atoms with E-state index in [2.05, 4.69) is 76.1 Å². The van der Waals surface area contributed by atoms with E-state index in [1.807, 2.05) is 30.3 Å². The average Bonchev–Trinajstić information content (AvgIpc) is 3.40. The molecule has 0 atom stereocenters. The minimum Gasteiger partial charge on any atom is -0.310 e. The lowest BCUT2D eigenvalue weighted by atomic mass is 9.94. The molecule has 0 saturated carbocycles. The predicted octanol–water partition coefficient (Wildman–Crippen LogP) is 11.3. The summed E-state index contributed by atoms with van der Waals surface area (Å²) < 4.78 is 31.0. The Hall–Kier alpha value is -5.99. The van der Waals surface area contributed by atoms with Gasteiger partial charge in [-0.2, -0.15) is 0 Å². The van der Waals surface area contributed by atoms with Crippen LogP contribution in [0, 0.1) is 18.2 Å². The van der Waals surface area contributed by atoms with E-state index in [4.69, 9.17) is 6.57 Å². The van der Waals surface area contributed by atoms with Gasteiger partial charge in [-0.05, 0) is 82.6 Å². The van der Waals surface area contributed by atoms with Crippen molar-refractivity contribution in [2.24, 2.45) is 0 Å². The predicted molar refractivity (Wildman–Crippen MR) is 176 cm³/mol. The van der Waals surface area contributed by atoms with E-state index in [-0.39, 0.29) is 0 Å². The number of hydrogen-bond acceptors (Lipinski definition) is 1. The summed E-state index contributed by atoms with van der Waals surface area (Å²) in [6.07, 6.45) is 0. The lowest BCUT2D eigenvalue weighted by molar-refractivity contribution is 0.584. The highest BCUT2D eigenvalue weighted by molar-refractivity contribution is 6.26. The highest BCUT2D eigenvalue weighted by Crippen LogP contribution is 2.43. The van der Waals surface area contributed by atoms with Crippen LogP contribution in [-0.2, 0) is 0 Å². The fourth-order valence-electron chi connectivity index (χ4n) is 6.38. The van der Waals surface area contributed by atoms with Gasteiger partial charge in [0.05, 0.1) is 23.3 Å². The van der Waals surface area contributed by atoms with Gasteiger partial charge in [0.25, 0.3) is 0 Å². The first-order valence-electron chi connectivity index (χ1n) is 14.3. The Morgan fingerprint density at radius 2 is 1.25 bits per heavy atom. The molecule has 5 heteroatoms. The molecule has 0 bridgehead atoms. The largest absolute Gasteiger partial charge is 0.310 e. The van der Waals surface area contributed by atoms with E-state index in [1.165, 1.54) is 33.8 Å². The van der Waals surface area contributed by atoms with Gasteiger partial charge in [-0.1, -0.05) is 72.8 Å². The number of aromatic nitrogens is 1. The van der Waals surface area contributed by atoms with Gasteiger partial charge in [-0.3, -0.25) is 0 Å². The zero-order chi connectivity index (χ0) is 29.8. The number of nitrogens with zero attached hydrogens (tertiary/aromatic N) is 3. The molecule has 0 aliphatic heterocycles. The Bertz CT molecular complexity index is 2330. The average molecular weight is 572 g/mol. The van der Waals surface area contributed by atoms with Crippen LogP contribution in [-0.4, -0.2) is 4.57 Å². The smallest absolute Gasteiger partial charge is 0.187 e. The summed E-state index contributed by atoms with van der Waals surface area (Å²) in [5.74, 6) is -1.32. The normalized spacial score (nSPS) is 11.4. The monoisotopic (exact) mass is 571 g/mol. The number of hydrogen-bond donors (Lipinski definition) is 0. The Labute approximate surface area is 252 Å². The first kappa shape index (κ1) is 25.7.